The first-order valence-electron chi connectivity index (χ1n) is 4.37. The molecule has 1 amide bonds. The average Bonchev–Trinajstić information content (AvgIpc) is 2.71. The number of carbonyl (C=O) groups is 1. The molecule has 0 bridgehead atoms. The van der Waals surface area contributed by atoms with Gasteiger partial charge in [0.1, 0.15) is 6.26 Å². The van der Waals surface area contributed by atoms with Crippen molar-refractivity contribution in [2.24, 2.45) is 5.73 Å². The number of hydrogen-bond donors (Lipinski definition) is 1. The summed E-state index contributed by atoms with van der Waals surface area (Å²) in [6, 6.07) is 3.23. The number of amides is 1. The molecule has 0 fully saturated rings. The van der Waals surface area contributed by atoms with E-state index in [-0.39, 0.29) is 0 Å². The Morgan fingerprint density at radius 2 is 2.27 bits per heavy atom. The SMILES string of the molecule is NC(=O)c1ccnc(Cc2cocn2)c1. The summed E-state index contributed by atoms with van der Waals surface area (Å²) in [5.41, 5.74) is 7.11. The Labute approximate surface area is 86.0 Å². The summed E-state index contributed by atoms with van der Waals surface area (Å²) in [6.07, 6.45) is 4.97. The van der Waals surface area contributed by atoms with Crippen molar-refractivity contribution in [1.82, 2.24) is 9.97 Å². The minimum Gasteiger partial charge on any atom is -0.451 e. The number of nitrogens with two attached hydrogens (primary N) is 1. The number of pyridine rings is 1. The van der Waals surface area contributed by atoms with Gasteiger partial charge in [-0.05, 0) is 12.1 Å². The Balaban J connectivity index is 2.22. The number of hydrogen-bond acceptors (Lipinski definition) is 4. The topological polar surface area (TPSA) is 82.0 Å². The van der Waals surface area contributed by atoms with E-state index < -0.39 is 5.91 Å². The van der Waals surface area contributed by atoms with E-state index in [0.29, 0.717) is 12.0 Å². The molecule has 0 aliphatic rings. The van der Waals surface area contributed by atoms with Crippen molar-refractivity contribution in [3.63, 3.8) is 0 Å². The van der Waals surface area contributed by atoms with Crippen LogP contribution in [-0.2, 0) is 6.42 Å². The Bertz CT molecular complexity index is 465. The second-order valence-electron chi connectivity index (χ2n) is 3.06. The van der Waals surface area contributed by atoms with Gasteiger partial charge in [0.15, 0.2) is 6.39 Å². The fourth-order valence-corrected chi connectivity index (χ4v) is 1.24. The molecule has 0 spiro atoms. The van der Waals surface area contributed by atoms with E-state index in [4.69, 9.17) is 10.2 Å². The van der Waals surface area contributed by atoms with Crippen LogP contribution in [0, 0.1) is 0 Å². The van der Waals surface area contributed by atoms with Gasteiger partial charge in [0.05, 0.1) is 5.69 Å². The standard InChI is InChI=1S/C10H9N3O2/c11-10(14)7-1-2-12-8(3-7)4-9-5-15-6-13-9/h1-3,5-6H,4H2,(H2,11,14). The molecule has 0 saturated carbocycles. The zero-order valence-electron chi connectivity index (χ0n) is 7.88. The van der Waals surface area contributed by atoms with Crippen LogP contribution in [0.3, 0.4) is 0 Å². The molecule has 0 aliphatic carbocycles. The first kappa shape index (κ1) is 9.39. The third-order valence-electron chi connectivity index (χ3n) is 1.95. The molecule has 0 saturated heterocycles. The van der Waals surface area contributed by atoms with Gasteiger partial charge in [-0.15, -0.1) is 0 Å². The van der Waals surface area contributed by atoms with Crippen LogP contribution in [0.2, 0.25) is 0 Å². The van der Waals surface area contributed by atoms with Crippen LogP contribution in [0.15, 0.2) is 35.4 Å². The number of nitrogens with zero attached hydrogens (tertiary/aromatic N) is 2. The minimum absolute atomic E-state index is 0.448. The van der Waals surface area contributed by atoms with Crippen molar-refractivity contribution < 1.29 is 9.21 Å². The van der Waals surface area contributed by atoms with Gasteiger partial charge in [0.2, 0.25) is 5.91 Å². The third kappa shape index (κ3) is 2.19. The highest BCUT2D eigenvalue weighted by atomic mass is 16.3. The van der Waals surface area contributed by atoms with Gasteiger partial charge < -0.3 is 10.2 Å². The molecule has 5 nitrogen and oxygen atoms in total. The molecule has 0 aromatic carbocycles. The van der Waals surface area contributed by atoms with Crippen LogP contribution in [-0.4, -0.2) is 15.9 Å². The Morgan fingerprint density at radius 3 is 2.93 bits per heavy atom. The van der Waals surface area contributed by atoms with Gasteiger partial charge in [0, 0.05) is 23.9 Å². The predicted octanol–water partition coefficient (Wildman–Crippen LogP) is 0.759. The highest BCUT2D eigenvalue weighted by molar-refractivity contribution is 5.92. The van der Waals surface area contributed by atoms with E-state index in [0.717, 1.165) is 11.4 Å². The van der Waals surface area contributed by atoms with Gasteiger partial charge in [-0.25, -0.2) is 4.98 Å². The largest absolute Gasteiger partial charge is 0.451 e. The summed E-state index contributed by atoms with van der Waals surface area (Å²) < 4.78 is 4.83. The Hall–Kier alpha value is -2.17. The highest BCUT2D eigenvalue weighted by Crippen LogP contribution is 2.06. The fourth-order valence-electron chi connectivity index (χ4n) is 1.24. The number of oxazole rings is 1. The van der Waals surface area contributed by atoms with E-state index in [9.17, 15) is 4.79 Å². The number of carbonyl (C=O) groups excluding carboxylic acids is 1. The molecule has 2 aromatic rings. The van der Waals surface area contributed by atoms with Gasteiger partial charge in [-0.3, -0.25) is 9.78 Å². The molecule has 2 heterocycles. The summed E-state index contributed by atoms with van der Waals surface area (Å²) in [7, 11) is 0. The lowest BCUT2D eigenvalue weighted by Crippen LogP contribution is -2.11. The van der Waals surface area contributed by atoms with Crippen LogP contribution >= 0.6 is 0 Å². The molecule has 2 rings (SSSR count). The summed E-state index contributed by atoms with van der Waals surface area (Å²) in [4.78, 5) is 19.0. The predicted molar refractivity (Wildman–Crippen MR) is 52.1 cm³/mol. The summed E-state index contributed by atoms with van der Waals surface area (Å²) in [5.74, 6) is -0.459. The highest BCUT2D eigenvalue weighted by Gasteiger charge is 2.04. The van der Waals surface area contributed by atoms with Crippen LogP contribution in [0.25, 0.3) is 0 Å². The van der Waals surface area contributed by atoms with Crippen molar-refractivity contribution in [1.29, 1.82) is 0 Å². The minimum atomic E-state index is -0.459. The smallest absolute Gasteiger partial charge is 0.248 e. The third-order valence-corrected chi connectivity index (χ3v) is 1.95. The molecule has 2 aromatic heterocycles. The van der Waals surface area contributed by atoms with E-state index in [1.165, 1.54) is 6.39 Å². The lowest BCUT2D eigenvalue weighted by molar-refractivity contribution is 0.1000. The zero-order chi connectivity index (χ0) is 10.7. The van der Waals surface area contributed by atoms with Gasteiger partial charge in [-0.1, -0.05) is 0 Å². The second kappa shape index (κ2) is 3.91. The van der Waals surface area contributed by atoms with E-state index in [2.05, 4.69) is 9.97 Å². The molecule has 76 valence electrons. The molecule has 0 unspecified atom stereocenters. The first-order valence-corrected chi connectivity index (χ1v) is 4.37. The number of primary amides is 1. The van der Waals surface area contributed by atoms with Crippen LogP contribution < -0.4 is 5.73 Å². The monoisotopic (exact) mass is 203 g/mol. The summed E-state index contributed by atoms with van der Waals surface area (Å²) >= 11 is 0. The van der Waals surface area contributed by atoms with E-state index >= 15 is 0 Å². The maximum Gasteiger partial charge on any atom is 0.248 e. The maximum atomic E-state index is 10.9. The molecule has 0 aliphatic heterocycles. The van der Waals surface area contributed by atoms with Crippen molar-refractivity contribution in [2.45, 2.75) is 6.42 Å². The summed E-state index contributed by atoms with van der Waals surface area (Å²) in [6.45, 7) is 0. The van der Waals surface area contributed by atoms with E-state index in [1.807, 2.05) is 0 Å². The molecule has 2 N–H and O–H groups in total. The van der Waals surface area contributed by atoms with Gasteiger partial charge in [0.25, 0.3) is 0 Å². The molecular weight excluding hydrogens is 194 g/mol. The fraction of sp³-hybridized carbons (Fsp3) is 0.100. The van der Waals surface area contributed by atoms with Crippen LogP contribution in [0.1, 0.15) is 21.7 Å². The van der Waals surface area contributed by atoms with Crippen molar-refractivity contribution in [2.75, 3.05) is 0 Å². The first-order chi connectivity index (χ1) is 7.25. The molecular formula is C10H9N3O2. The maximum absolute atomic E-state index is 10.9. The van der Waals surface area contributed by atoms with Crippen LogP contribution in [0.5, 0.6) is 0 Å². The molecule has 5 heteroatoms. The lowest BCUT2D eigenvalue weighted by Gasteiger charge is -1.99. The van der Waals surface area contributed by atoms with Gasteiger partial charge >= 0.3 is 0 Å². The van der Waals surface area contributed by atoms with Crippen LogP contribution in [0.4, 0.5) is 0 Å². The lowest BCUT2D eigenvalue weighted by atomic mass is 10.1. The Morgan fingerprint density at radius 1 is 1.40 bits per heavy atom. The molecule has 0 atom stereocenters. The number of rotatable bonds is 3. The van der Waals surface area contributed by atoms with Crippen molar-refractivity contribution in [3.8, 4) is 0 Å². The molecule has 15 heavy (non-hydrogen) atoms. The normalized spacial score (nSPS) is 10.1. The zero-order valence-corrected chi connectivity index (χ0v) is 7.88. The average molecular weight is 203 g/mol. The second-order valence-corrected chi connectivity index (χ2v) is 3.06. The summed E-state index contributed by atoms with van der Waals surface area (Å²) in [5, 5.41) is 0. The number of aromatic nitrogens is 2. The van der Waals surface area contributed by atoms with E-state index in [1.54, 1.807) is 24.6 Å². The van der Waals surface area contributed by atoms with Crippen molar-refractivity contribution >= 4 is 5.91 Å². The van der Waals surface area contributed by atoms with Crippen molar-refractivity contribution in [3.05, 3.63) is 47.9 Å². The Kier molecular flexibility index (Phi) is 2.45. The molecule has 0 radical (unpaired) electrons. The van der Waals surface area contributed by atoms with Gasteiger partial charge in [-0.2, -0.15) is 0 Å². The quantitative estimate of drug-likeness (QED) is 0.798.